The Bertz CT molecular complexity index is 1110. The van der Waals surface area contributed by atoms with Gasteiger partial charge >= 0.3 is 0 Å². The second-order valence-electron chi connectivity index (χ2n) is 7.77. The van der Waals surface area contributed by atoms with Crippen LogP contribution in [0.3, 0.4) is 0 Å². The van der Waals surface area contributed by atoms with Crippen LogP contribution in [0.5, 0.6) is 5.75 Å². The number of rotatable bonds is 2. The van der Waals surface area contributed by atoms with Gasteiger partial charge in [0, 0.05) is 22.9 Å². The van der Waals surface area contributed by atoms with Gasteiger partial charge in [-0.3, -0.25) is 0 Å². The zero-order valence-electron chi connectivity index (χ0n) is 15.7. The standard InChI is InChI=1S/C23H20Cl2N2O/c1-13(2)23-27-21(18-10-17(24)11-19(25)22(18)28-23)12-20(26-27)16-8-7-14-5-3-4-6-15(14)9-16/h3-11,13,21,23H,12H2,1-2H3/t21-,23+/m0/s1. The van der Waals surface area contributed by atoms with Crippen LogP contribution in [0.2, 0.25) is 10.0 Å². The summed E-state index contributed by atoms with van der Waals surface area (Å²) >= 11 is 12.8. The third-order valence-corrected chi connectivity index (χ3v) is 5.99. The Morgan fingerprint density at radius 3 is 2.61 bits per heavy atom. The van der Waals surface area contributed by atoms with Crippen molar-refractivity contribution in [2.24, 2.45) is 11.0 Å². The molecular formula is C23H20Cl2N2O. The lowest BCUT2D eigenvalue weighted by Gasteiger charge is -2.40. The molecular weight excluding hydrogens is 391 g/mol. The molecule has 0 bridgehead atoms. The van der Waals surface area contributed by atoms with Crippen LogP contribution in [-0.2, 0) is 0 Å². The van der Waals surface area contributed by atoms with Crippen LogP contribution < -0.4 is 4.74 Å². The third kappa shape index (κ3) is 2.85. The van der Waals surface area contributed by atoms with Gasteiger partial charge in [-0.2, -0.15) is 5.10 Å². The van der Waals surface area contributed by atoms with Crippen molar-refractivity contribution in [1.82, 2.24) is 5.01 Å². The maximum Gasteiger partial charge on any atom is 0.190 e. The highest BCUT2D eigenvalue weighted by Gasteiger charge is 2.42. The van der Waals surface area contributed by atoms with E-state index in [9.17, 15) is 0 Å². The summed E-state index contributed by atoms with van der Waals surface area (Å²) in [7, 11) is 0. The molecule has 0 fully saturated rings. The van der Waals surface area contributed by atoms with Gasteiger partial charge in [0.1, 0.15) is 5.75 Å². The zero-order chi connectivity index (χ0) is 19.4. The van der Waals surface area contributed by atoms with E-state index in [0.717, 1.165) is 29.0 Å². The van der Waals surface area contributed by atoms with Crippen LogP contribution in [0, 0.1) is 5.92 Å². The van der Waals surface area contributed by atoms with E-state index in [4.69, 9.17) is 33.0 Å². The minimum absolute atomic E-state index is 0.0776. The van der Waals surface area contributed by atoms with E-state index in [1.54, 1.807) is 6.07 Å². The molecule has 5 rings (SSSR count). The maximum atomic E-state index is 6.46. The van der Waals surface area contributed by atoms with Crippen molar-refractivity contribution in [3.8, 4) is 5.75 Å². The number of benzene rings is 3. The molecule has 0 N–H and O–H groups in total. The van der Waals surface area contributed by atoms with Crippen molar-refractivity contribution in [2.45, 2.75) is 32.5 Å². The molecule has 2 atom stereocenters. The van der Waals surface area contributed by atoms with Crippen molar-refractivity contribution < 1.29 is 4.74 Å². The summed E-state index contributed by atoms with van der Waals surface area (Å²) in [5, 5.41) is 10.7. The third-order valence-electron chi connectivity index (χ3n) is 5.49. The van der Waals surface area contributed by atoms with Crippen LogP contribution in [0.25, 0.3) is 10.8 Å². The highest BCUT2D eigenvalue weighted by molar-refractivity contribution is 6.35. The molecule has 0 radical (unpaired) electrons. The Kier molecular flexibility index (Phi) is 4.26. The number of ether oxygens (including phenoxy) is 1. The predicted molar refractivity (Wildman–Crippen MR) is 115 cm³/mol. The molecule has 0 saturated carbocycles. The van der Waals surface area contributed by atoms with Gasteiger partial charge in [-0.05, 0) is 34.5 Å². The van der Waals surface area contributed by atoms with Gasteiger partial charge in [0.2, 0.25) is 0 Å². The van der Waals surface area contributed by atoms with Crippen LogP contribution in [0.1, 0.15) is 37.4 Å². The highest BCUT2D eigenvalue weighted by Crippen LogP contribution is 2.48. The molecule has 0 unspecified atom stereocenters. The maximum absolute atomic E-state index is 6.46. The minimum Gasteiger partial charge on any atom is -0.467 e. The molecule has 2 aliphatic rings. The number of hydrazone groups is 1. The van der Waals surface area contributed by atoms with E-state index in [0.29, 0.717) is 10.0 Å². The summed E-state index contributed by atoms with van der Waals surface area (Å²) in [4.78, 5) is 0. The Hall–Kier alpha value is -2.23. The first-order chi connectivity index (χ1) is 13.5. The van der Waals surface area contributed by atoms with E-state index >= 15 is 0 Å². The SMILES string of the molecule is CC(C)[C@H]1Oc2c(Cl)cc(Cl)cc2[C@@H]2CC(c3ccc4ccccc4c3)=NN12. The van der Waals surface area contributed by atoms with E-state index in [-0.39, 0.29) is 18.2 Å². The van der Waals surface area contributed by atoms with Crippen molar-refractivity contribution in [2.75, 3.05) is 0 Å². The topological polar surface area (TPSA) is 24.8 Å². The molecule has 0 amide bonds. The second-order valence-corrected chi connectivity index (χ2v) is 8.61. The summed E-state index contributed by atoms with van der Waals surface area (Å²) in [5.41, 5.74) is 3.22. The quantitative estimate of drug-likeness (QED) is 0.470. The van der Waals surface area contributed by atoms with Gasteiger partial charge in [0.05, 0.1) is 16.8 Å². The lowest BCUT2D eigenvalue weighted by atomic mass is 9.94. The Balaban J connectivity index is 1.59. The van der Waals surface area contributed by atoms with Gasteiger partial charge in [0.15, 0.2) is 6.23 Å². The molecule has 2 aliphatic heterocycles. The summed E-state index contributed by atoms with van der Waals surface area (Å²) < 4.78 is 6.28. The van der Waals surface area contributed by atoms with Crippen molar-refractivity contribution in [1.29, 1.82) is 0 Å². The van der Waals surface area contributed by atoms with Crippen LogP contribution in [-0.4, -0.2) is 16.9 Å². The number of fused-ring (bicyclic) bond motifs is 4. The van der Waals surface area contributed by atoms with Gasteiger partial charge in [-0.15, -0.1) is 0 Å². The Labute approximate surface area is 174 Å². The number of halogens is 2. The molecule has 0 aliphatic carbocycles. The monoisotopic (exact) mass is 410 g/mol. The second kappa shape index (κ2) is 6.68. The minimum atomic E-state index is -0.158. The fourth-order valence-electron chi connectivity index (χ4n) is 4.13. The van der Waals surface area contributed by atoms with E-state index in [1.807, 2.05) is 6.07 Å². The first-order valence-electron chi connectivity index (χ1n) is 9.52. The van der Waals surface area contributed by atoms with Crippen molar-refractivity contribution >= 4 is 39.7 Å². The van der Waals surface area contributed by atoms with Crippen LogP contribution in [0.15, 0.2) is 59.7 Å². The fourth-order valence-corrected chi connectivity index (χ4v) is 4.68. The molecule has 0 aromatic heterocycles. The molecule has 5 heteroatoms. The van der Waals surface area contributed by atoms with Gasteiger partial charge in [-0.1, -0.05) is 73.4 Å². The molecule has 28 heavy (non-hydrogen) atoms. The summed E-state index contributed by atoms with van der Waals surface area (Å²) in [6.45, 7) is 4.28. The predicted octanol–water partition coefficient (Wildman–Crippen LogP) is 6.67. The highest BCUT2D eigenvalue weighted by atomic mass is 35.5. The van der Waals surface area contributed by atoms with Crippen LogP contribution >= 0.6 is 23.2 Å². The lowest BCUT2D eigenvalue weighted by Crippen LogP contribution is -2.43. The molecule has 3 nitrogen and oxygen atoms in total. The van der Waals surface area contributed by atoms with Crippen molar-refractivity contribution in [3.63, 3.8) is 0 Å². The lowest BCUT2D eigenvalue weighted by molar-refractivity contribution is -0.0460. The first-order valence-corrected chi connectivity index (χ1v) is 10.3. The summed E-state index contributed by atoms with van der Waals surface area (Å²) in [6.07, 6.45) is 0.642. The molecule has 2 heterocycles. The first kappa shape index (κ1) is 17.8. The average molecular weight is 411 g/mol. The molecule has 142 valence electrons. The van der Waals surface area contributed by atoms with Crippen LogP contribution in [0.4, 0.5) is 0 Å². The number of nitrogens with zero attached hydrogens (tertiary/aromatic N) is 2. The van der Waals surface area contributed by atoms with Crippen molar-refractivity contribution in [3.05, 3.63) is 75.8 Å². The molecule has 3 aromatic carbocycles. The van der Waals surface area contributed by atoms with E-state index in [1.165, 1.54) is 10.8 Å². The number of hydrogen-bond acceptors (Lipinski definition) is 3. The smallest absolute Gasteiger partial charge is 0.190 e. The average Bonchev–Trinajstić information content (AvgIpc) is 3.12. The number of hydrogen-bond donors (Lipinski definition) is 0. The normalized spacial score (nSPS) is 20.8. The largest absolute Gasteiger partial charge is 0.467 e. The Morgan fingerprint density at radius 2 is 1.82 bits per heavy atom. The molecule has 3 aromatic rings. The Morgan fingerprint density at radius 1 is 1.04 bits per heavy atom. The zero-order valence-corrected chi connectivity index (χ0v) is 17.2. The molecule has 0 saturated heterocycles. The fraction of sp³-hybridized carbons (Fsp3) is 0.261. The summed E-state index contributed by atoms with van der Waals surface area (Å²) in [6, 6.07) is 18.7. The van der Waals surface area contributed by atoms with E-state index in [2.05, 4.69) is 61.3 Å². The molecule has 0 spiro atoms. The van der Waals surface area contributed by atoms with Gasteiger partial charge in [0.25, 0.3) is 0 Å². The summed E-state index contributed by atoms with van der Waals surface area (Å²) in [5.74, 6) is 1.00. The van der Waals surface area contributed by atoms with E-state index < -0.39 is 0 Å². The van der Waals surface area contributed by atoms with Gasteiger partial charge < -0.3 is 4.74 Å². The van der Waals surface area contributed by atoms with Gasteiger partial charge in [-0.25, -0.2) is 5.01 Å².